The molecule has 1 fully saturated rings. The van der Waals surface area contributed by atoms with E-state index >= 15 is 0 Å². The number of fused-ring (bicyclic) bond motifs is 3. The van der Waals surface area contributed by atoms with E-state index in [1.54, 1.807) is 7.11 Å². The van der Waals surface area contributed by atoms with Crippen LogP contribution in [0.1, 0.15) is 45.1 Å². The molecular formula is C24H29N3O4. The fourth-order valence-corrected chi connectivity index (χ4v) is 5.34. The van der Waals surface area contributed by atoms with Gasteiger partial charge in [0.2, 0.25) is 0 Å². The number of carbonyl (C=O) groups is 1. The van der Waals surface area contributed by atoms with Gasteiger partial charge >= 0.3 is 0 Å². The van der Waals surface area contributed by atoms with E-state index in [2.05, 4.69) is 29.2 Å². The molecule has 1 unspecified atom stereocenters. The number of hydrogen-bond acceptors (Lipinski definition) is 6. The Bertz CT molecular complexity index is 1080. The van der Waals surface area contributed by atoms with Crippen LogP contribution >= 0.6 is 0 Å². The van der Waals surface area contributed by atoms with E-state index in [-0.39, 0.29) is 24.0 Å². The highest BCUT2D eigenvalue weighted by atomic mass is 16.5. The summed E-state index contributed by atoms with van der Waals surface area (Å²) in [4.78, 5) is 17.4. The normalized spacial score (nSPS) is 31.0. The van der Waals surface area contributed by atoms with E-state index < -0.39 is 12.1 Å². The van der Waals surface area contributed by atoms with Crippen LogP contribution in [0.3, 0.4) is 0 Å². The minimum atomic E-state index is -2.01. The van der Waals surface area contributed by atoms with E-state index in [0.29, 0.717) is 0 Å². The first-order valence-corrected chi connectivity index (χ1v) is 10.4. The van der Waals surface area contributed by atoms with Gasteiger partial charge in [-0.25, -0.2) is 4.99 Å². The number of benzene rings is 1. The predicted octanol–water partition coefficient (Wildman–Crippen LogP) is 3.43. The smallest absolute Gasteiger partial charge is 0.290 e. The van der Waals surface area contributed by atoms with Crippen molar-refractivity contribution in [1.29, 1.82) is 0 Å². The van der Waals surface area contributed by atoms with Gasteiger partial charge in [-0.1, -0.05) is 12.1 Å². The molecule has 0 amide bonds. The fraction of sp³-hybridized carbons (Fsp3) is 0.458. The number of carboxylic acid groups (broad SMARTS) is 1. The largest absolute Gasteiger partial charge is 0.483 e. The second-order valence-electron chi connectivity index (χ2n) is 8.49. The first kappa shape index (κ1) is 18.8. The molecule has 7 heteroatoms. The van der Waals surface area contributed by atoms with Crippen LogP contribution in [0.2, 0.25) is 0 Å². The number of aliphatic imine (C=N–C) groups is 1. The van der Waals surface area contributed by atoms with Gasteiger partial charge in [-0.15, -0.1) is 0 Å². The third-order valence-corrected chi connectivity index (χ3v) is 6.81. The van der Waals surface area contributed by atoms with Gasteiger partial charge in [0.25, 0.3) is 12.5 Å². The van der Waals surface area contributed by atoms with Gasteiger partial charge in [0.05, 0.1) is 8.85 Å². The second-order valence-corrected chi connectivity index (χ2v) is 8.49. The molecule has 2 aromatic rings. The molecule has 1 aromatic carbocycles. The van der Waals surface area contributed by atoms with Crippen LogP contribution in [0.5, 0.6) is 0 Å². The zero-order valence-electron chi connectivity index (χ0n) is 19.8. The van der Waals surface area contributed by atoms with Crippen molar-refractivity contribution < 1.29 is 22.1 Å². The Labute approximate surface area is 185 Å². The highest BCUT2D eigenvalue weighted by Gasteiger charge is 2.61. The molecule has 164 valence electrons. The van der Waals surface area contributed by atoms with E-state index in [1.165, 1.54) is 0 Å². The Morgan fingerprint density at radius 1 is 1.29 bits per heavy atom. The molecule has 0 radical (unpaired) electrons. The molecule has 3 N–H and O–H groups in total. The van der Waals surface area contributed by atoms with Gasteiger partial charge in [-0.05, 0) is 73.4 Å². The summed E-state index contributed by atoms with van der Waals surface area (Å²) in [6.45, 7) is -0.241. The van der Waals surface area contributed by atoms with Crippen molar-refractivity contribution >= 4 is 12.5 Å². The van der Waals surface area contributed by atoms with Crippen molar-refractivity contribution in [2.75, 3.05) is 13.7 Å². The summed E-state index contributed by atoms with van der Waals surface area (Å²) < 4.78 is 28.8. The number of nitrogens with two attached hydrogens (primary N) is 1. The number of methoxy groups -OCH3 is 1. The van der Waals surface area contributed by atoms with Gasteiger partial charge < -0.3 is 20.3 Å². The molecule has 2 heterocycles. The molecule has 31 heavy (non-hydrogen) atoms. The maximum Gasteiger partial charge on any atom is 0.290 e. The number of rotatable bonds is 2. The fourth-order valence-electron chi connectivity index (χ4n) is 5.34. The Morgan fingerprint density at radius 3 is 2.65 bits per heavy atom. The summed E-state index contributed by atoms with van der Waals surface area (Å²) >= 11 is 0. The van der Waals surface area contributed by atoms with Crippen molar-refractivity contribution in [3.05, 3.63) is 53.3 Å². The molecule has 1 aliphatic heterocycles. The van der Waals surface area contributed by atoms with E-state index in [0.717, 1.165) is 59.9 Å². The lowest BCUT2D eigenvalue weighted by atomic mass is 9.62. The van der Waals surface area contributed by atoms with Crippen molar-refractivity contribution in [3.63, 3.8) is 0 Å². The minimum Gasteiger partial charge on any atom is -0.483 e. The van der Waals surface area contributed by atoms with Crippen LogP contribution in [-0.2, 0) is 26.2 Å². The molecule has 1 saturated carbocycles. The monoisotopic (exact) mass is 425 g/mol. The average molecular weight is 426 g/mol. The van der Waals surface area contributed by atoms with Gasteiger partial charge in [-0.3, -0.25) is 9.78 Å². The third-order valence-electron chi connectivity index (χ3n) is 6.81. The van der Waals surface area contributed by atoms with Gasteiger partial charge in [0.1, 0.15) is 12.1 Å². The quantitative estimate of drug-likeness (QED) is 0.714. The summed E-state index contributed by atoms with van der Waals surface area (Å²) in [5.74, 6) is 0. The van der Waals surface area contributed by atoms with Crippen LogP contribution in [0.4, 0.5) is 0 Å². The minimum absolute atomic E-state index is 0.0660. The SMILES string of the molecule is O=CO.[2H]C1([2H])OC(N)=NC12c1cc(-c3cncc(C)c3)ccc1C[C@]21CC[C@@H](OC)CC1. The molecule has 1 atom stereocenters. The van der Waals surface area contributed by atoms with Crippen LogP contribution < -0.4 is 5.73 Å². The van der Waals surface area contributed by atoms with Crippen molar-refractivity contribution in [1.82, 2.24) is 4.98 Å². The van der Waals surface area contributed by atoms with Gasteiger partial charge in [0, 0.05) is 30.5 Å². The molecule has 0 bridgehead atoms. The number of aromatic nitrogens is 1. The topological polar surface area (TPSA) is 107 Å². The Balaban J connectivity index is 0.000000821. The van der Waals surface area contributed by atoms with Crippen molar-refractivity contribution in [3.8, 4) is 11.1 Å². The first-order chi connectivity index (χ1) is 15.7. The average Bonchev–Trinajstić information content (AvgIpc) is 3.19. The summed E-state index contributed by atoms with van der Waals surface area (Å²) in [5.41, 5.74) is 9.57. The number of hydrogen-bond donors (Lipinski definition) is 2. The molecule has 2 aliphatic carbocycles. The van der Waals surface area contributed by atoms with Crippen LogP contribution in [0.15, 0.2) is 41.7 Å². The third kappa shape index (κ3) is 3.57. The Hall–Kier alpha value is -2.93. The molecule has 7 nitrogen and oxygen atoms in total. The number of pyridine rings is 1. The van der Waals surface area contributed by atoms with Crippen LogP contribution in [0.25, 0.3) is 11.1 Å². The molecule has 3 aliphatic rings. The lowest BCUT2D eigenvalue weighted by molar-refractivity contribution is -0.122. The van der Waals surface area contributed by atoms with Gasteiger partial charge in [0.15, 0.2) is 0 Å². The molecular weight excluding hydrogens is 394 g/mol. The summed E-state index contributed by atoms with van der Waals surface area (Å²) in [5, 5.41) is 6.89. The predicted molar refractivity (Wildman–Crippen MR) is 118 cm³/mol. The van der Waals surface area contributed by atoms with Crippen LogP contribution in [-0.4, -0.2) is 42.4 Å². The number of ether oxygens (including phenoxy) is 2. The molecule has 0 saturated heterocycles. The zero-order chi connectivity index (χ0) is 23.9. The van der Waals surface area contributed by atoms with E-state index in [1.807, 2.05) is 19.3 Å². The van der Waals surface area contributed by atoms with Gasteiger partial charge in [-0.2, -0.15) is 0 Å². The lowest BCUT2D eigenvalue weighted by Crippen LogP contribution is -2.46. The first-order valence-electron chi connectivity index (χ1n) is 11.4. The highest BCUT2D eigenvalue weighted by Crippen LogP contribution is 2.61. The van der Waals surface area contributed by atoms with Crippen LogP contribution in [0, 0.1) is 12.3 Å². The standard InChI is InChI=1S/C23H27N3O2.CH2O2/c1-15-9-18(13-25-12-15)16-3-4-17-11-22(7-5-19(27-2)6-8-22)23(20(17)10-16)14-28-21(24)26-23;2-1-3/h3-4,9-10,12-13,19H,5-8,11,14H2,1-2H3,(H2,24,26);1H,(H,2,3)/t19-,22-,23?;/i14D2;. The van der Waals surface area contributed by atoms with E-state index in [4.69, 9.17) is 32.8 Å². The number of aryl methyl sites for hydroxylation is 1. The maximum atomic E-state index is 8.86. The maximum absolute atomic E-state index is 8.86. The van der Waals surface area contributed by atoms with Crippen molar-refractivity contribution in [2.24, 2.45) is 16.1 Å². The summed E-state index contributed by atoms with van der Waals surface area (Å²) in [6, 6.07) is 8.32. The molecule has 5 rings (SSSR count). The summed E-state index contributed by atoms with van der Waals surface area (Å²) in [7, 11) is 1.75. The summed E-state index contributed by atoms with van der Waals surface area (Å²) in [6.07, 6.45) is 8.05. The van der Waals surface area contributed by atoms with E-state index in [9.17, 15) is 0 Å². The molecule has 2 spiro atoms. The number of nitrogens with zero attached hydrogens (tertiary/aromatic N) is 2. The van der Waals surface area contributed by atoms with Crippen molar-refractivity contribution in [2.45, 2.75) is 50.7 Å². The lowest BCUT2D eigenvalue weighted by Gasteiger charge is -2.45. The highest BCUT2D eigenvalue weighted by molar-refractivity contribution is 5.76. The Morgan fingerprint density at radius 2 is 2.03 bits per heavy atom. The second kappa shape index (κ2) is 8.30. The zero-order valence-corrected chi connectivity index (χ0v) is 17.8. The Kier molecular flexibility index (Phi) is 5.04. The number of amidine groups is 1. The molecule has 1 aromatic heterocycles.